The normalized spacial score (nSPS) is 24.0. The molecule has 3 amide bonds. The molecule has 5 rings (SSSR count). The molecule has 0 spiro atoms. The van der Waals surface area contributed by atoms with Crippen molar-refractivity contribution in [2.75, 3.05) is 19.6 Å². The van der Waals surface area contributed by atoms with Crippen LogP contribution in [0.5, 0.6) is 0 Å². The first-order valence-electron chi connectivity index (χ1n) is 14.1. The molecule has 2 aromatic rings. The zero-order valence-corrected chi connectivity index (χ0v) is 23.9. The molecule has 0 bridgehead atoms. The molecule has 3 aliphatic rings. The van der Waals surface area contributed by atoms with E-state index < -0.39 is 34.8 Å². The minimum absolute atomic E-state index is 0.0198. The number of hydrogen-bond acceptors (Lipinski definition) is 4. The summed E-state index contributed by atoms with van der Waals surface area (Å²) in [7, 11) is 0. The van der Waals surface area contributed by atoms with Gasteiger partial charge in [-0.25, -0.2) is 4.79 Å². The summed E-state index contributed by atoms with van der Waals surface area (Å²) in [5, 5.41) is 10.1. The Kier molecular flexibility index (Phi) is 7.57. The number of nitrogens with zero attached hydrogens (tertiary/aromatic N) is 4. The number of carbonyl (C=O) groups excluding carboxylic acids is 2. The molecule has 0 unspecified atom stereocenters. The molecule has 224 valence electrons. The first-order valence-corrected chi connectivity index (χ1v) is 14.1. The summed E-state index contributed by atoms with van der Waals surface area (Å²) in [6.45, 7) is 6.10. The van der Waals surface area contributed by atoms with E-state index in [0.29, 0.717) is 30.6 Å². The highest BCUT2D eigenvalue weighted by atomic mass is 19.4. The van der Waals surface area contributed by atoms with E-state index in [0.717, 1.165) is 17.8 Å². The molecule has 1 aliphatic carbocycles. The van der Waals surface area contributed by atoms with E-state index in [9.17, 15) is 32.7 Å². The Hall–Kier alpha value is -3.89. The number of alkyl halides is 3. The number of hydrogen-bond donors (Lipinski definition) is 1. The first kappa shape index (κ1) is 29.6. The predicted molar refractivity (Wildman–Crippen MR) is 149 cm³/mol. The Morgan fingerprint density at radius 1 is 1.12 bits per heavy atom. The van der Waals surface area contributed by atoms with E-state index in [4.69, 9.17) is 0 Å². The number of aromatic nitrogens is 1. The lowest BCUT2D eigenvalue weighted by molar-refractivity contribution is -0.144. The highest BCUT2D eigenvalue weighted by Gasteiger charge is 2.61. The fraction of sp³-hybridized carbons (Fsp3) is 0.484. The van der Waals surface area contributed by atoms with Crippen molar-refractivity contribution >= 4 is 24.0 Å². The largest absolute Gasteiger partial charge is 0.465 e. The van der Waals surface area contributed by atoms with Gasteiger partial charge in [-0.3, -0.25) is 14.6 Å². The highest BCUT2D eigenvalue weighted by Crippen LogP contribution is 2.52. The first-order chi connectivity index (χ1) is 19.7. The molecule has 1 saturated carbocycles. The molecule has 2 aliphatic heterocycles. The Labute approximate surface area is 242 Å². The third kappa shape index (κ3) is 5.61. The molecule has 1 aromatic carbocycles. The van der Waals surface area contributed by atoms with Crippen molar-refractivity contribution in [1.29, 1.82) is 0 Å². The number of benzene rings is 1. The van der Waals surface area contributed by atoms with Gasteiger partial charge in [0.05, 0.1) is 11.0 Å². The second kappa shape index (κ2) is 10.7. The van der Waals surface area contributed by atoms with E-state index in [2.05, 4.69) is 4.98 Å². The van der Waals surface area contributed by atoms with Crippen molar-refractivity contribution in [3.8, 4) is 0 Å². The minimum atomic E-state index is -4.55. The maximum Gasteiger partial charge on any atom is 0.417 e. The SMILES string of the molecule is CC(C)(C)N(C(=O)O)[C@@H]1C[C@H]2CN(C(=O)/C=C/c3ccccc3)C[C@@]2(C(=O)N2CCc3ncc(C(F)(F)F)cc3C2)C1. The fourth-order valence-corrected chi connectivity index (χ4v) is 6.93. The van der Waals surface area contributed by atoms with E-state index in [1.54, 1.807) is 36.6 Å². The third-order valence-corrected chi connectivity index (χ3v) is 8.76. The minimum Gasteiger partial charge on any atom is -0.465 e. The molecule has 1 aromatic heterocycles. The summed E-state index contributed by atoms with van der Waals surface area (Å²) >= 11 is 0. The Morgan fingerprint density at radius 3 is 2.48 bits per heavy atom. The zero-order chi connectivity index (χ0) is 30.4. The summed E-state index contributed by atoms with van der Waals surface area (Å²) in [5.41, 5.74) is -0.881. The van der Waals surface area contributed by atoms with Gasteiger partial charge in [-0.2, -0.15) is 13.2 Å². The number of halogens is 3. The van der Waals surface area contributed by atoms with Crippen LogP contribution in [0.1, 0.15) is 56.0 Å². The van der Waals surface area contributed by atoms with Crippen molar-refractivity contribution in [2.24, 2.45) is 11.3 Å². The third-order valence-electron chi connectivity index (χ3n) is 8.76. The van der Waals surface area contributed by atoms with Crippen LogP contribution in [-0.4, -0.2) is 73.9 Å². The van der Waals surface area contributed by atoms with Gasteiger partial charge in [0.2, 0.25) is 11.8 Å². The van der Waals surface area contributed by atoms with Crippen LogP contribution in [0.3, 0.4) is 0 Å². The molecule has 8 nitrogen and oxygen atoms in total. The number of rotatable bonds is 4. The van der Waals surface area contributed by atoms with Gasteiger partial charge in [0.25, 0.3) is 0 Å². The number of carbonyl (C=O) groups is 3. The lowest BCUT2D eigenvalue weighted by Gasteiger charge is -2.40. The maximum atomic E-state index is 14.4. The van der Waals surface area contributed by atoms with E-state index in [1.165, 1.54) is 11.0 Å². The second-order valence-electron chi connectivity index (χ2n) is 12.5. The van der Waals surface area contributed by atoms with Crippen molar-refractivity contribution in [3.05, 3.63) is 71.1 Å². The van der Waals surface area contributed by atoms with Gasteiger partial charge in [-0.1, -0.05) is 30.3 Å². The van der Waals surface area contributed by atoms with E-state index in [-0.39, 0.29) is 43.8 Å². The lowest BCUT2D eigenvalue weighted by atomic mass is 9.78. The van der Waals surface area contributed by atoms with E-state index >= 15 is 0 Å². The van der Waals surface area contributed by atoms with Crippen LogP contribution >= 0.6 is 0 Å². The maximum absolute atomic E-state index is 14.4. The monoisotopic (exact) mass is 584 g/mol. The molecule has 1 N–H and O–H groups in total. The van der Waals surface area contributed by atoms with Crippen molar-refractivity contribution in [3.63, 3.8) is 0 Å². The van der Waals surface area contributed by atoms with Gasteiger partial charge >= 0.3 is 12.3 Å². The fourth-order valence-electron chi connectivity index (χ4n) is 6.93. The number of pyridine rings is 1. The molecule has 11 heteroatoms. The summed E-state index contributed by atoms with van der Waals surface area (Å²) in [5.74, 6) is -0.792. The average molecular weight is 585 g/mol. The van der Waals surface area contributed by atoms with Gasteiger partial charge in [-0.05, 0) is 62.8 Å². The van der Waals surface area contributed by atoms with Crippen LogP contribution in [0.25, 0.3) is 6.08 Å². The van der Waals surface area contributed by atoms with Gasteiger partial charge in [0, 0.05) is 62.1 Å². The van der Waals surface area contributed by atoms with Gasteiger partial charge in [0.15, 0.2) is 0 Å². The lowest BCUT2D eigenvalue weighted by Crippen LogP contribution is -2.53. The predicted octanol–water partition coefficient (Wildman–Crippen LogP) is 5.08. The molecule has 42 heavy (non-hydrogen) atoms. The van der Waals surface area contributed by atoms with Gasteiger partial charge in [-0.15, -0.1) is 0 Å². The quantitative estimate of drug-likeness (QED) is 0.506. The van der Waals surface area contributed by atoms with Crippen molar-refractivity contribution < 1.29 is 32.7 Å². The molecular formula is C31H35F3N4O4. The van der Waals surface area contributed by atoms with Crippen molar-refractivity contribution in [1.82, 2.24) is 19.7 Å². The molecule has 3 atom stereocenters. The number of carboxylic acid groups (broad SMARTS) is 1. The van der Waals surface area contributed by atoms with Gasteiger partial charge < -0.3 is 19.8 Å². The second-order valence-corrected chi connectivity index (χ2v) is 12.5. The molecule has 2 fully saturated rings. The Balaban J connectivity index is 1.43. The van der Waals surface area contributed by atoms with Crippen LogP contribution in [0, 0.1) is 11.3 Å². The summed E-state index contributed by atoms with van der Waals surface area (Å²) in [4.78, 5) is 48.6. The topological polar surface area (TPSA) is 94.1 Å². The highest BCUT2D eigenvalue weighted by molar-refractivity contribution is 5.93. The van der Waals surface area contributed by atoms with Gasteiger partial charge in [0.1, 0.15) is 0 Å². The smallest absolute Gasteiger partial charge is 0.417 e. The van der Waals surface area contributed by atoms with Crippen LogP contribution in [0.2, 0.25) is 0 Å². The zero-order valence-electron chi connectivity index (χ0n) is 23.9. The number of amides is 3. The molecule has 1 saturated heterocycles. The standard InChI is InChI=1S/C31H35F3N4O4/c1-29(2,3)38(28(41)42)24-14-23-18-37(26(39)10-9-20-7-5-4-6-8-20)19-30(23,15-24)27(40)36-12-11-25-21(17-36)13-22(16-35-25)31(32,33)34/h4-10,13,16,23-24H,11-12,14-15,17-19H2,1-3H3,(H,41,42)/b10-9+/t23-,24+,30-/m0/s1. The number of fused-ring (bicyclic) bond motifs is 2. The van der Waals surface area contributed by atoms with Crippen LogP contribution in [-0.2, 0) is 28.7 Å². The van der Waals surface area contributed by atoms with Crippen molar-refractivity contribution in [2.45, 2.75) is 64.3 Å². The summed E-state index contributed by atoms with van der Waals surface area (Å²) in [6.07, 6.45) is -0.658. The summed E-state index contributed by atoms with van der Waals surface area (Å²) in [6, 6.07) is 9.97. The van der Waals surface area contributed by atoms with Crippen LogP contribution in [0.15, 0.2) is 48.7 Å². The Morgan fingerprint density at radius 2 is 1.83 bits per heavy atom. The Bertz CT molecular complexity index is 1410. The molecule has 3 heterocycles. The number of likely N-dealkylation sites (tertiary alicyclic amines) is 1. The molecule has 0 radical (unpaired) electrons. The van der Waals surface area contributed by atoms with E-state index in [1.807, 2.05) is 30.3 Å². The average Bonchev–Trinajstić information content (AvgIpc) is 3.45. The molecular weight excluding hydrogens is 549 g/mol. The van der Waals surface area contributed by atoms with Crippen LogP contribution in [0.4, 0.5) is 18.0 Å². The summed E-state index contributed by atoms with van der Waals surface area (Å²) < 4.78 is 40.2. The van der Waals surface area contributed by atoms with Crippen LogP contribution < -0.4 is 0 Å².